The lowest BCUT2D eigenvalue weighted by atomic mass is 10.2. The van der Waals surface area contributed by atoms with Crippen molar-refractivity contribution < 1.29 is 5.11 Å². The maximum absolute atomic E-state index is 9.01. The minimum atomic E-state index is -0.395. The number of aliphatic hydroxyl groups is 1. The normalized spacial score (nSPS) is 17.0. The molecule has 0 bridgehead atoms. The molecule has 16 heavy (non-hydrogen) atoms. The Balaban J connectivity index is 1.92. The Morgan fingerprint density at radius 1 is 1.69 bits per heavy atom. The Hall–Kier alpha value is -1.45. The summed E-state index contributed by atoms with van der Waals surface area (Å²) in [6.45, 7) is 1.30. The van der Waals surface area contributed by atoms with Gasteiger partial charge in [0.1, 0.15) is 11.7 Å². The quantitative estimate of drug-likeness (QED) is 0.696. The van der Waals surface area contributed by atoms with Crippen molar-refractivity contribution in [3.05, 3.63) is 11.9 Å². The Labute approximate surface area is 93.9 Å². The predicted octanol–water partition coefficient (Wildman–Crippen LogP) is -0.165. The van der Waals surface area contributed by atoms with Gasteiger partial charge in [-0.2, -0.15) is 5.26 Å². The summed E-state index contributed by atoms with van der Waals surface area (Å²) in [6.07, 6.45) is 4.20. The first kappa shape index (κ1) is 11.0. The Morgan fingerprint density at radius 3 is 3.12 bits per heavy atom. The number of aromatic nitrogens is 3. The molecule has 1 saturated carbocycles. The summed E-state index contributed by atoms with van der Waals surface area (Å²) in [5.41, 5.74) is 0.622. The summed E-state index contributed by atoms with van der Waals surface area (Å²) in [4.78, 5) is 0. The lowest BCUT2D eigenvalue weighted by Crippen LogP contribution is -2.22. The van der Waals surface area contributed by atoms with Crippen LogP contribution >= 0.6 is 0 Å². The van der Waals surface area contributed by atoms with Gasteiger partial charge in [-0.25, -0.2) is 4.68 Å². The Bertz CT molecular complexity index is 379. The van der Waals surface area contributed by atoms with Gasteiger partial charge in [0.2, 0.25) is 0 Å². The monoisotopic (exact) mass is 221 g/mol. The first-order valence-corrected chi connectivity index (χ1v) is 5.47. The van der Waals surface area contributed by atoms with E-state index in [2.05, 4.69) is 21.7 Å². The van der Waals surface area contributed by atoms with Crippen molar-refractivity contribution in [3.8, 4) is 6.07 Å². The third-order valence-corrected chi connectivity index (χ3v) is 2.62. The summed E-state index contributed by atoms with van der Waals surface area (Å²) >= 11 is 0. The molecule has 0 aromatic carbocycles. The molecule has 6 heteroatoms. The highest BCUT2D eigenvalue weighted by Gasteiger charge is 2.23. The van der Waals surface area contributed by atoms with Gasteiger partial charge in [0, 0.05) is 0 Å². The average Bonchev–Trinajstić information content (AvgIpc) is 3.00. The van der Waals surface area contributed by atoms with Crippen LogP contribution in [0.25, 0.3) is 0 Å². The molecular formula is C10H15N5O. The molecule has 0 saturated heterocycles. The number of aliphatic hydroxyl groups excluding tert-OH is 1. The second-order valence-electron chi connectivity index (χ2n) is 4.04. The topological polar surface area (TPSA) is 86.8 Å². The highest BCUT2D eigenvalue weighted by atomic mass is 16.3. The summed E-state index contributed by atoms with van der Waals surface area (Å²) in [6, 6.07) is 1.77. The van der Waals surface area contributed by atoms with Gasteiger partial charge in [0.15, 0.2) is 0 Å². The molecule has 1 aromatic heterocycles. The van der Waals surface area contributed by atoms with Crippen molar-refractivity contribution in [1.29, 1.82) is 5.26 Å². The van der Waals surface area contributed by atoms with Gasteiger partial charge >= 0.3 is 0 Å². The zero-order valence-electron chi connectivity index (χ0n) is 9.00. The Morgan fingerprint density at radius 2 is 2.50 bits per heavy atom. The zero-order valence-corrected chi connectivity index (χ0v) is 9.00. The van der Waals surface area contributed by atoms with Crippen LogP contribution in [0.1, 0.15) is 24.6 Å². The Kier molecular flexibility index (Phi) is 3.49. The molecule has 2 rings (SSSR count). The van der Waals surface area contributed by atoms with E-state index in [1.54, 1.807) is 10.9 Å². The van der Waals surface area contributed by atoms with E-state index in [9.17, 15) is 0 Å². The standard InChI is InChI=1S/C10H15N5O/c11-5-9(12-6-8-1-2-8)10-7-15(3-4-16)14-13-10/h7-9,12,16H,1-4,6H2. The lowest BCUT2D eigenvalue weighted by molar-refractivity contribution is 0.268. The van der Waals surface area contributed by atoms with Crippen molar-refractivity contribution >= 4 is 0 Å². The molecule has 86 valence electrons. The molecule has 2 N–H and O–H groups in total. The molecular weight excluding hydrogens is 206 g/mol. The van der Waals surface area contributed by atoms with E-state index in [1.807, 2.05) is 0 Å². The second kappa shape index (κ2) is 5.05. The number of nitrogens with one attached hydrogen (secondary N) is 1. The van der Waals surface area contributed by atoms with Crippen molar-refractivity contribution in [3.63, 3.8) is 0 Å². The van der Waals surface area contributed by atoms with Crippen LogP contribution in [0.2, 0.25) is 0 Å². The van der Waals surface area contributed by atoms with Crippen LogP contribution in [-0.2, 0) is 6.54 Å². The number of nitrogens with zero attached hydrogens (tertiary/aromatic N) is 4. The molecule has 1 aromatic rings. The molecule has 0 amide bonds. The third kappa shape index (κ3) is 2.78. The van der Waals surface area contributed by atoms with Crippen LogP contribution in [0.4, 0.5) is 0 Å². The largest absolute Gasteiger partial charge is 0.394 e. The maximum atomic E-state index is 9.01. The summed E-state index contributed by atoms with van der Waals surface area (Å²) in [5, 5.41) is 28.7. The van der Waals surface area contributed by atoms with E-state index < -0.39 is 6.04 Å². The van der Waals surface area contributed by atoms with Gasteiger partial charge in [0.25, 0.3) is 0 Å². The van der Waals surface area contributed by atoms with Crippen molar-refractivity contribution in [1.82, 2.24) is 20.3 Å². The van der Waals surface area contributed by atoms with E-state index in [-0.39, 0.29) is 6.61 Å². The van der Waals surface area contributed by atoms with Gasteiger partial charge in [0.05, 0.1) is 25.4 Å². The second-order valence-corrected chi connectivity index (χ2v) is 4.04. The van der Waals surface area contributed by atoms with Crippen LogP contribution < -0.4 is 5.32 Å². The van der Waals surface area contributed by atoms with Crippen molar-refractivity contribution in [2.75, 3.05) is 13.2 Å². The number of rotatable bonds is 6. The summed E-state index contributed by atoms with van der Waals surface area (Å²) in [7, 11) is 0. The van der Waals surface area contributed by atoms with Gasteiger partial charge in [-0.05, 0) is 25.3 Å². The minimum absolute atomic E-state index is 0.0233. The van der Waals surface area contributed by atoms with Gasteiger partial charge < -0.3 is 5.11 Å². The predicted molar refractivity (Wildman–Crippen MR) is 56.2 cm³/mol. The van der Waals surface area contributed by atoms with E-state index in [0.29, 0.717) is 12.2 Å². The molecule has 1 fully saturated rings. The molecule has 1 atom stereocenters. The molecule has 1 unspecified atom stereocenters. The molecule has 0 radical (unpaired) electrons. The first-order chi connectivity index (χ1) is 7.83. The molecule has 0 aliphatic heterocycles. The summed E-state index contributed by atoms with van der Waals surface area (Å²) < 4.78 is 1.54. The maximum Gasteiger partial charge on any atom is 0.141 e. The zero-order chi connectivity index (χ0) is 11.4. The first-order valence-electron chi connectivity index (χ1n) is 5.47. The van der Waals surface area contributed by atoms with Crippen LogP contribution in [-0.4, -0.2) is 33.3 Å². The van der Waals surface area contributed by atoms with Crippen LogP contribution in [0.15, 0.2) is 6.20 Å². The fourth-order valence-electron chi connectivity index (χ4n) is 1.48. The smallest absolute Gasteiger partial charge is 0.141 e. The SMILES string of the molecule is N#CC(NCC1CC1)c1cn(CCO)nn1. The number of hydrogen-bond acceptors (Lipinski definition) is 5. The molecule has 1 aliphatic carbocycles. The lowest BCUT2D eigenvalue weighted by Gasteiger charge is -2.06. The molecule has 1 heterocycles. The van der Waals surface area contributed by atoms with Gasteiger partial charge in [-0.15, -0.1) is 5.10 Å². The number of hydrogen-bond donors (Lipinski definition) is 2. The highest BCUT2D eigenvalue weighted by molar-refractivity contribution is 5.10. The third-order valence-electron chi connectivity index (χ3n) is 2.62. The minimum Gasteiger partial charge on any atom is -0.394 e. The van der Waals surface area contributed by atoms with Gasteiger partial charge in [-0.1, -0.05) is 5.21 Å². The van der Waals surface area contributed by atoms with E-state index >= 15 is 0 Å². The molecule has 6 nitrogen and oxygen atoms in total. The van der Waals surface area contributed by atoms with Crippen LogP contribution in [0.3, 0.4) is 0 Å². The van der Waals surface area contributed by atoms with Crippen LogP contribution in [0.5, 0.6) is 0 Å². The van der Waals surface area contributed by atoms with E-state index in [0.717, 1.165) is 12.5 Å². The van der Waals surface area contributed by atoms with E-state index in [4.69, 9.17) is 10.4 Å². The average molecular weight is 221 g/mol. The molecule has 1 aliphatic rings. The highest BCUT2D eigenvalue weighted by Crippen LogP contribution is 2.28. The molecule has 0 spiro atoms. The van der Waals surface area contributed by atoms with Crippen molar-refractivity contribution in [2.24, 2.45) is 5.92 Å². The van der Waals surface area contributed by atoms with Gasteiger partial charge in [-0.3, -0.25) is 5.32 Å². The summed E-state index contributed by atoms with van der Waals surface area (Å²) in [5.74, 6) is 0.725. The fraction of sp³-hybridized carbons (Fsp3) is 0.700. The fourth-order valence-corrected chi connectivity index (χ4v) is 1.48. The van der Waals surface area contributed by atoms with E-state index in [1.165, 1.54) is 12.8 Å². The van der Waals surface area contributed by atoms with Crippen LogP contribution in [0, 0.1) is 17.2 Å². The van der Waals surface area contributed by atoms with Crippen molar-refractivity contribution in [2.45, 2.75) is 25.4 Å². The number of nitriles is 1.